The fraction of sp³-hybridized carbons (Fsp3) is 0.111. The Hall–Kier alpha value is -3.02. The van der Waals surface area contributed by atoms with Gasteiger partial charge in [0.1, 0.15) is 0 Å². The van der Waals surface area contributed by atoms with Gasteiger partial charge in [-0.1, -0.05) is 18.7 Å². The van der Waals surface area contributed by atoms with Crippen LogP contribution in [0.3, 0.4) is 0 Å². The number of hydrogen-bond donors (Lipinski definition) is 1. The van der Waals surface area contributed by atoms with Crippen molar-refractivity contribution in [3.05, 3.63) is 72.1 Å². The SMILES string of the molecule is C=C1CC(=O)N(c2ccc3nc[nH]c3c2)C1c1cccc(F)c1F. The molecule has 1 aromatic heterocycles. The van der Waals surface area contributed by atoms with Gasteiger partial charge in [0, 0.05) is 11.3 Å². The Bertz CT molecular complexity index is 979. The van der Waals surface area contributed by atoms with Gasteiger partial charge in [-0.05, 0) is 29.8 Å². The van der Waals surface area contributed by atoms with Crippen LogP contribution in [0.1, 0.15) is 18.0 Å². The van der Waals surface area contributed by atoms with Gasteiger partial charge in [-0.15, -0.1) is 0 Å². The average Bonchev–Trinajstić information content (AvgIpc) is 3.13. The average molecular weight is 325 g/mol. The van der Waals surface area contributed by atoms with Crippen LogP contribution < -0.4 is 4.90 Å². The van der Waals surface area contributed by atoms with Gasteiger partial charge in [-0.3, -0.25) is 4.79 Å². The minimum absolute atomic E-state index is 0.0988. The predicted octanol–water partition coefficient (Wildman–Crippen LogP) is 3.88. The molecule has 4 rings (SSSR count). The van der Waals surface area contributed by atoms with E-state index in [9.17, 15) is 13.6 Å². The highest BCUT2D eigenvalue weighted by molar-refractivity contribution is 6.01. The number of H-pyrrole nitrogens is 1. The predicted molar refractivity (Wildman–Crippen MR) is 86.4 cm³/mol. The van der Waals surface area contributed by atoms with Crippen LogP contribution in [0.5, 0.6) is 0 Å². The molecule has 0 saturated carbocycles. The monoisotopic (exact) mass is 325 g/mol. The fourth-order valence-corrected chi connectivity index (χ4v) is 3.16. The Balaban J connectivity index is 1.86. The van der Waals surface area contributed by atoms with Crippen molar-refractivity contribution in [3.8, 4) is 0 Å². The number of imidazole rings is 1. The van der Waals surface area contributed by atoms with Crippen LogP contribution in [0.2, 0.25) is 0 Å². The zero-order valence-corrected chi connectivity index (χ0v) is 12.6. The molecule has 1 aliphatic rings. The number of hydrogen-bond acceptors (Lipinski definition) is 2. The van der Waals surface area contributed by atoms with Crippen molar-refractivity contribution in [1.82, 2.24) is 9.97 Å². The quantitative estimate of drug-likeness (QED) is 0.727. The molecule has 0 aliphatic carbocycles. The van der Waals surface area contributed by atoms with Crippen molar-refractivity contribution in [1.29, 1.82) is 0 Å². The van der Waals surface area contributed by atoms with E-state index in [1.165, 1.54) is 17.0 Å². The summed E-state index contributed by atoms with van der Waals surface area (Å²) in [5.74, 6) is -2.10. The van der Waals surface area contributed by atoms with Crippen molar-refractivity contribution in [2.75, 3.05) is 4.90 Å². The first-order valence-electron chi connectivity index (χ1n) is 7.43. The normalized spacial score (nSPS) is 17.9. The second-order valence-electron chi connectivity index (χ2n) is 5.75. The molecule has 1 atom stereocenters. The first-order chi connectivity index (χ1) is 11.6. The summed E-state index contributed by atoms with van der Waals surface area (Å²) in [6.45, 7) is 3.89. The lowest BCUT2D eigenvalue weighted by Crippen LogP contribution is -2.28. The molecule has 120 valence electrons. The van der Waals surface area contributed by atoms with E-state index in [1.807, 2.05) is 0 Å². The molecule has 1 amide bonds. The Morgan fingerprint density at radius 3 is 2.92 bits per heavy atom. The standard InChI is InChI=1S/C18H13F2N3O/c1-10-7-16(24)23(11-5-6-14-15(8-11)22-9-21-14)18(10)12-3-2-4-13(19)17(12)20/h2-6,8-9,18H,1,7H2,(H,21,22). The molecule has 0 radical (unpaired) electrons. The number of aromatic nitrogens is 2. The summed E-state index contributed by atoms with van der Waals surface area (Å²) in [5, 5.41) is 0. The van der Waals surface area contributed by atoms with Crippen LogP contribution in [0.25, 0.3) is 11.0 Å². The zero-order chi connectivity index (χ0) is 16.8. The maximum atomic E-state index is 14.3. The summed E-state index contributed by atoms with van der Waals surface area (Å²) >= 11 is 0. The third-order valence-electron chi connectivity index (χ3n) is 4.25. The highest BCUT2D eigenvalue weighted by atomic mass is 19.2. The van der Waals surface area contributed by atoms with E-state index < -0.39 is 17.7 Å². The highest BCUT2D eigenvalue weighted by Gasteiger charge is 2.38. The number of nitrogens with zero attached hydrogens (tertiary/aromatic N) is 2. The van der Waals surface area contributed by atoms with Crippen LogP contribution in [0, 0.1) is 11.6 Å². The highest BCUT2D eigenvalue weighted by Crippen LogP contribution is 2.41. The van der Waals surface area contributed by atoms with Crippen molar-refractivity contribution in [3.63, 3.8) is 0 Å². The van der Waals surface area contributed by atoms with Crippen LogP contribution in [0.15, 0.2) is 54.9 Å². The number of aromatic amines is 1. The minimum Gasteiger partial charge on any atom is -0.345 e. The third kappa shape index (κ3) is 2.11. The molecule has 1 aliphatic heterocycles. The summed E-state index contributed by atoms with van der Waals surface area (Å²) in [4.78, 5) is 21.0. The van der Waals surface area contributed by atoms with Crippen LogP contribution in [-0.4, -0.2) is 15.9 Å². The number of anilines is 1. The van der Waals surface area contributed by atoms with E-state index in [-0.39, 0.29) is 17.9 Å². The molecule has 1 fully saturated rings. The van der Waals surface area contributed by atoms with Gasteiger partial charge in [-0.2, -0.15) is 0 Å². The largest absolute Gasteiger partial charge is 0.345 e. The molecule has 1 N–H and O–H groups in total. The molecule has 1 saturated heterocycles. The van der Waals surface area contributed by atoms with Crippen molar-refractivity contribution >= 4 is 22.6 Å². The topological polar surface area (TPSA) is 49.0 Å². The molecule has 6 heteroatoms. The van der Waals surface area contributed by atoms with Crippen LogP contribution in [0.4, 0.5) is 14.5 Å². The number of nitrogens with one attached hydrogen (secondary N) is 1. The third-order valence-corrected chi connectivity index (χ3v) is 4.25. The molecule has 3 aromatic rings. The second kappa shape index (κ2) is 5.26. The van der Waals surface area contributed by atoms with E-state index in [1.54, 1.807) is 24.5 Å². The number of amides is 1. The smallest absolute Gasteiger partial charge is 0.231 e. The molecular weight excluding hydrogens is 312 g/mol. The van der Waals surface area contributed by atoms with Crippen LogP contribution in [-0.2, 0) is 4.79 Å². The lowest BCUT2D eigenvalue weighted by atomic mass is 9.99. The first kappa shape index (κ1) is 14.6. The summed E-state index contributed by atoms with van der Waals surface area (Å²) in [6.07, 6.45) is 1.66. The van der Waals surface area contributed by atoms with E-state index in [0.29, 0.717) is 11.3 Å². The van der Waals surface area contributed by atoms with Crippen molar-refractivity contribution in [2.24, 2.45) is 0 Å². The van der Waals surface area contributed by atoms with Crippen LogP contribution >= 0.6 is 0 Å². The van der Waals surface area contributed by atoms with Gasteiger partial charge >= 0.3 is 0 Å². The van der Waals surface area contributed by atoms with E-state index in [0.717, 1.165) is 17.1 Å². The van der Waals surface area contributed by atoms with E-state index in [4.69, 9.17) is 0 Å². The molecule has 4 nitrogen and oxygen atoms in total. The summed E-state index contributed by atoms with van der Waals surface area (Å²) < 4.78 is 27.9. The number of rotatable bonds is 2. The van der Waals surface area contributed by atoms with Gasteiger partial charge in [0.2, 0.25) is 5.91 Å². The number of benzene rings is 2. The van der Waals surface area contributed by atoms with E-state index in [2.05, 4.69) is 16.5 Å². The fourth-order valence-electron chi connectivity index (χ4n) is 3.16. The Kier molecular flexibility index (Phi) is 3.19. The Morgan fingerprint density at radius 2 is 2.08 bits per heavy atom. The van der Waals surface area contributed by atoms with Gasteiger partial charge in [0.15, 0.2) is 11.6 Å². The molecule has 24 heavy (non-hydrogen) atoms. The van der Waals surface area contributed by atoms with Gasteiger partial charge in [0.25, 0.3) is 0 Å². The molecule has 1 unspecified atom stereocenters. The number of carbonyl (C=O) groups is 1. The minimum atomic E-state index is -0.953. The molecule has 2 heterocycles. The summed E-state index contributed by atoms with van der Waals surface area (Å²) in [5.41, 5.74) is 2.75. The van der Waals surface area contributed by atoms with Gasteiger partial charge in [-0.25, -0.2) is 13.8 Å². The van der Waals surface area contributed by atoms with Gasteiger partial charge < -0.3 is 9.88 Å². The Morgan fingerprint density at radius 1 is 1.25 bits per heavy atom. The summed E-state index contributed by atoms with van der Waals surface area (Å²) in [7, 11) is 0. The zero-order valence-electron chi connectivity index (χ0n) is 12.6. The molecule has 0 spiro atoms. The second-order valence-corrected chi connectivity index (χ2v) is 5.75. The van der Waals surface area contributed by atoms with Crippen molar-refractivity contribution < 1.29 is 13.6 Å². The lowest BCUT2D eigenvalue weighted by molar-refractivity contribution is -0.117. The maximum absolute atomic E-state index is 14.3. The lowest BCUT2D eigenvalue weighted by Gasteiger charge is -2.26. The summed E-state index contributed by atoms with van der Waals surface area (Å²) in [6, 6.07) is 8.52. The molecule has 0 bridgehead atoms. The van der Waals surface area contributed by atoms with E-state index >= 15 is 0 Å². The molecule has 2 aromatic carbocycles. The first-order valence-corrected chi connectivity index (χ1v) is 7.43. The van der Waals surface area contributed by atoms with Crippen molar-refractivity contribution in [2.45, 2.75) is 12.5 Å². The Labute approximate surface area is 136 Å². The van der Waals surface area contributed by atoms with Gasteiger partial charge in [0.05, 0.1) is 29.8 Å². The number of carbonyl (C=O) groups excluding carboxylic acids is 1. The number of halogens is 2. The maximum Gasteiger partial charge on any atom is 0.231 e. The number of fused-ring (bicyclic) bond motifs is 1. The molecular formula is C18H13F2N3O.